The summed E-state index contributed by atoms with van der Waals surface area (Å²) < 4.78 is 0. The zero-order valence-electron chi connectivity index (χ0n) is 10.9. The lowest BCUT2D eigenvalue weighted by atomic mass is 10.2. The average Bonchev–Trinajstić information content (AvgIpc) is 2.47. The van der Waals surface area contributed by atoms with E-state index in [0.717, 1.165) is 32.0 Å². The summed E-state index contributed by atoms with van der Waals surface area (Å²) >= 11 is 1.47. The normalized spacial score (nSPS) is 16.4. The second-order valence-electron chi connectivity index (χ2n) is 4.26. The van der Waals surface area contributed by atoms with Crippen molar-refractivity contribution in [3.05, 3.63) is 11.8 Å². The molecule has 7 heteroatoms. The molecule has 2 rings (SSSR count). The van der Waals surface area contributed by atoms with E-state index in [1.54, 1.807) is 6.20 Å². The molecule has 1 aromatic heterocycles. The van der Waals surface area contributed by atoms with Crippen LogP contribution in [0.4, 0.5) is 5.82 Å². The van der Waals surface area contributed by atoms with Gasteiger partial charge < -0.3 is 10.0 Å². The fourth-order valence-electron chi connectivity index (χ4n) is 2.10. The Hall–Kier alpha value is -1.36. The van der Waals surface area contributed by atoms with Crippen molar-refractivity contribution in [2.45, 2.75) is 5.16 Å². The van der Waals surface area contributed by atoms with E-state index in [4.69, 9.17) is 10.4 Å². The second kappa shape index (κ2) is 6.70. The SMILES string of the molecule is CSc1ncc(C#N)c(N2CCN(CCO)CC2)n1. The van der Waals surface area contributed by atoms with Gasteiger partial charge in [-0.1, -0.05) is 11.8 Å². The topological polar surface area (TPSA) is 76.3 Å². The fourth-order valence-corrected chi connectivity index (χ4v) is 2.44. The van der Waals surface area contributed by atoms with Crippen LogP contribution >= 0.6 is 11.8 Å². The molecule has 1 N–H and O–H groups in total. The quantitative estimate of drug-likeness (QED) is 0.622. The van der Waals surface area contributed by atoms with Crippen LogP contribution in [0.1, 0.15) is 5.56 Å². The van der Waals surface area contributed by atoms with Gasteiger partial charge in [-0.2, -0.15) is 5.26 Å². The van der Waals surface area contributed by atoms with E-state index in [9.17, 15) is 0 Å². The van der Waals surface area contributed by atoms with Gasteiger partial charge in [0.2, 0.25) is 0 Å². The minimum atomic E-state index is 0.188. The third-order valence-electron chi connectivity index (χ3n) is 3.14. The minimum Gasteiger partial charge on any atom is -0.395 e. The molecule has 19 heavy (non-hydrogen) atoms. The number of aliphatic hydroxyl groups is 1. The van der Waals surface area contributed by atoms with Gasteiger partial charge in [0, 0.05) is 32.7 Å². The molecule has 0 saturated carbocycles. The first-order valence-electron chi connectivity index (χ1n) is 6.17. The standard InChI is InChI=1S/C12H17N5OS/c1-19-12-14-9-10(8-13)11(15-12)17-4-2-16(3-5-17)6-7-18/h9,18H,2-7H2,1H3. The highest BCUT2D eigenvalue weighted by Gasteiger charge is 2.20. The Bertz CT molecular complexity index is 468. The van der Waals surface area contributed by atoms with Crippen molar-refractivity contribution in [1.82, 2.24) is 14.9 Å². The highest BCUT2D eigenvalue weighted by molar-refractivity contribution is 7.98. The molecule has 1 aromatic rings. The monoisotopic (exact) mass is 279 g/mol. The molecule has 102 valence electrons. The van der Waals surface area contributed by atoms with Crippen molar-refractivity contribution in [2.75, 3.05) is 50.5 Å². The smallest absolute Gasteiger partial charge is 0.189 e. The molecule has 1 aliphatic heterocycles. The van der Waals surface area contributed by atoms with Crippen molar-refractivity contribution >= 4 is 17.6 Å². The lowest BCUT2D eigenvalue weighted by molar-refractivity contribution is 0.188. The molecule has 1 fully saturated rings. The molecule has 0 aromatic carbocycles. The Balaban J connectivity index is 2.12. The summed E-state index contributed by atoms with van der Waals surface area (Å²) in [5.41, 5.74) is 0.522. The van der Waals surface area contributed by atoms with Crippen molar-refractivity contribution in [3.63, 3.8) is 0 Å². The average molecular weight is 279 g/mol. The molecular formula is C12H17N5OS. The van der Waals surface area contributed by atoms with Gasteiger partial charge in [0.1, 0.15) is 11.6 Å². The van der Waals surface area contributed by atoms with Crippen molar-refractivity contribution in [2.24, 2.45) is 0 Å². The number of hydrogen-bond acceptors (Lipinski definition) is 7. The number of hydrogen-bond donors (Lipinski definition) is 1. The Kier molecular flexibility index (Phi) is 4.96. The molecule has 6 nitrogen and oxygen atoms in total. The van der Waals surface area contributed by atoms with Gasteiger partial charge >= 0.3 is 0 Å². The number of thioether (sulfide) groups is 1. The summed E-state index contributed by atoms with van der Waals surface area (Å²) in [5.74, 6) is 0.727. The fraction of sp³-hybridized carbons (Fsp3) is 0.583. The van der Waals surface area contributed by atoms with E-state index in [-0.39, 0.29) is 6.61 Å². The van der Waals surface area contributed by atoms with Crippen LogP contribution in [0.25, 0.3) is 0 Å². The first-order chi connectivity index (χ1) is 9.28. The number of aromatic nitrogens is 2. The van der Waals surface area contributed by atoms with Crippen LogP contribution in [-0.4, -0.2) is 65.6 Å². The van der Waals surface area contributed by atoms with Crippen LogP contribution in [0, 0.1) is 11.3 Å². The van der Waals surface area contributed by atoms with E-state index < -0.39 is 0 Å². The lowest BCUT2D eigenvalue weighted by Gasteiger charge is -2.35. The van der Waals surface area contributed by atoms with E-state index in [2.05, 4.69) is 25.8 Å². The Morgan fingerprint density at radius 2 is 2.16 bits per heavy atom. The van der Waals surface area contributed by atoms with Gasteiger partial charge in [-0.25, -0.2) is 9.97 Å². The first-order valence-corrected chi connectivity index (χ1v) is 7.40. The highest BCUT2D eigenvalue weighted by Crippen LogP contribution is 2.21. The number of β-amino-alcohol motifs (C(OH)–C–C–N with tert-alkyl or cyclic N) is 1. The zero-order chi connectivity index (χ0) is 13.7. The number of piperazine rings is 1. The number of nitriles is 1. The third kappa shape index (κ3) is 3.35. The van der Waals surface area contributed by atoms with Crippen LogP contribution in [-0.2, 0) is 0 Å². The predicted molar refractivity (Wildman–Crippen MR) is 74.3 cm³/mol. The van der Waals surface area contributed by atoms with E-state index in [0.29, 0.717) is 17.3 Å². The maximum atomic E-state index is 9.14. The molecule has 0 aliphatic carbocycles. The second-order valence-corrected chi connectivity index (χ2v) is 5.03. The minimum absolute atomic E-state index is 0.188. The number of aliphatic hydroxyl groups excluding tert-OH is 1. The van der Waals surface area contributed by atoms with Crippen LogP contribution in [0.2, 0.25) is 0 Å². The van der Waals surface area contributed by atoms with Gasteiger partial charge in [0.25, 0.3) is 0 Å². The molecule has 0 spiro atoms. The predicted octanol–water partition coefficient (Wildman–Crippen LogP) is 0.184. The van der Waals surface area contributed by atoms with Gasteiger partial charge in [0.05, 0.1) is 12.8 Å². The van der Waals surface area contributed by atoms with Crippen LogP contribution in [0.15, 0.2) is 11.4 Å². The number of nitrogens with zero attached hydrogens (tertiary/aromatic N) is 5. The Labute approximate surface area is 117 Å². The molecule has 0 atom stereocenters. The van der Waals surface area contributed by atoms with Crippen LogP contribution in [0.5, 0.6) is 0 Å². The number of anilines is 1. The zero-order valence-corrected chi connectivity index (χ0v) is 11.7. The first kappa shape index (κ1) is 14.1. The van der Waals surface area contributed by atoms with Crippen LogP contribution < -0.4 is 4.90 Å². The summed E-state index contributed by atoms with van der Waals surface area (Å²) in [6.45, 7) is 4.29. The largest absolute Gasteiger partial charge is 0.395 e. The lowest BCUT2D eigenvalue weighted by Crippen LogP contribution is -2.47. The van der Waals surface area contributed by atoms with E-state index >= 15 is 0 Å². The highest BCUT2D eigenvalue weighted by atomic mass is 32.2. The van der Waals surface area contributed by atoms with Gasteiger partial charge in [-0.3, -0.25) is 4.90 Å². The summed E-state index contributed by atoms with van der Waals surface area (Å²) in [6.07, 6.45) is 3.51. The van der Waals surface area contributed by atoms with Gasteiger partial charge in [-0.15, -0.1) is 0 Å². The molecule has 0 bridgehead atoms. The Morgan fingerprint density at radius 3 is 2.74 bits per heavy atom. The molecule has 1 saturated heterocycles. The van der Waals surface area contributed by atoms with Gasteiger partial charge in [-0.05, 0) is 6.26 Å². The van der Waals surface area contributed by atoms with Crippen molar-refractivity contribution < 1.29 is 5.11 Å². The maximum absolute atomic E-state index is 9.14. The van der Waals surface area contributed by atoms with E-state index in [1.165, 1.54) is 11.8 Å². The summed E-state index contributed by atoms with van der Waals surface area (Å²) in [7, 11) is 0. The molecule has 2 heterocycles. The molecule has 1 aliphatic rings. The molecular weight excluding hydrogens is 262 g/mol. The molecule has 0 amide bonds. The van der Waals surface area contributed by atoms with Crippen molar-refractivity contribution in [1.29, 1.82) is 5.26 Å². The summed E-state index contributed by atoms with van der Waals surface area (Å²) in [4.78, 5) is 12.9. The van der Waals surface area contributed by atoms with Crippen LogP contribution in [0.3, 0.4) is 0 Å². The molecule has 0 radical (unpaired) electrons. The molecule has 0 unspecified atom stereocenters. The number of rotatable bonds is 4. The van der Waals surface area contributed by atoms with E-state index in [1.807, 2.05) is 6.26 Å². The van der Waals surface area contributed by atoms with Gasteiger partial charge in [0.15, 0.2) is 11.0 Å². The third-order valence-corrected chi connectivity index (χ3v) is 3.70. The van der Waals surface area contributed by atoms with Crippen molar-refractivity contribution in [3.8, 4) is 6.07 Å². The maximum Gasteiger partial charge on any atom is 0.189 e. The summed E-state index contributed by atoms with van der Waals surface area (Å²) in [5, 5.41) is 18.8. The summed E-state index contributed by atoms with van der Waals surface area (Å²) in [6, 6.07) is 2.15. The Morgan fingerprint density at radius 1 is 1.42 bits per heavy atom.